The summed E-state index contributed by atoms with van der Waals surface area (Å²) in [5.74, 6) is 1.38. The molecule has 1 aliphatic carbocycles. The molecule has 186 valence electrons. The Kier molecular flexibility index (Phi) is 7.59. The zero-order chi connectivity index (χ0) is 25.0. The number of nitrogens with zero attached hydrogens (tertiary/aromatic N) is 3. The Morgan fingerprint density at radius 3 is 2.31 bits per heavy atom. The standard InChI is InChI=1S/C25H29ClN4O5/c1-25(15-31,16-32)14-30-23(33)28-22(29(24(30)34)12-17-4-6-19(26)7-5-17)27-20-8-10-21(11-9-20)35-13-18-2-3-18/h4-11,18,31-32H,2-3,12-16H2,1H3,(H,27,28,33). The molecule has 0 radical (unpaired) electrons. The highest BCUT2D eigenvalue weighted by Crippen LogP contribution is 2.29. The zero-order valence-electron chi connectivity index (χ0n) is 19.5. The smallest absolute Gasteiger partial charge is 0.335 e. The summed E-state index contributed by atoms with van der Waals surface area (Å²) >= 11 is 5.99. The van der Waals surface area contributed by atoms with E-state index in [4.69, 9.17) is 16.3 Å². The average Bonchev–Trinajstić information content (AvgIpc) is 3.69. The molecule has 0 aliphatic heterocycles. The van der Waals surface area contributed by atoms with Gasteiger partial charge in [-0.1, -0.05) is 30.7 Å². The summed E-state index contributed by atoms with van der Waals surface area (Å²) in [6.45, 7) is 1.46. The van der Waals surface area contributed by atoms with Gasteiger partial charge in [-0.25, -0.2) is 19.1 Å². The monoisotopic (exact) mass is 500 g/mol. The van der Waals surface area contributed by atoms with Crippen LogP contribution >= 0.6 is 11.6 Å². The molecule has 1 aliphatic rings. The van der Waals surface area contributed by atoms with Crippen LogP contribution in [0.15, 0.2) is 63.1 Å². The van der Waals surface area contributed by atoms with Gasteiger partial charge in [0.1, 0.15) is 5.75 Å². The van der Waals surface area contributed by atoms with E-state index < -0.39 is 30.0 Å². The maximum absolute atomic E-state index is 13.4. The number of H-pyrrole nitrogens is 1. The third kappa shape index (κ3) is 6.30. The van der Waals surface area contributed by atoms with Crippen molar-refractivity contribution in [2.45, 2.75) is 32.9 Å². The molecule has 0 saturated heterocycles. The number of aliphatic hydroxyl groups is 2. The molecule has 1 saturated carbocycles. The fraction of sp³-hybridized carbons (Fsp3) is 0.400. The fourth-order valence-corrected chi connectivity index (χ4v) is 3.59. The second kappa shape index (κ2) is 10.6. The van der Waals surface area contributed by atoms with E-state index in [1.165, 1.54) is 17.4 Å². The Labute approximate surface area is 206 Å². The van der Waals surface area contributed by atoms with Gasteiger partial charge in [0.2, 0.25) is 5.62 Å². The molecule has 10 heteroatoms. The lowest BCUT2D eigenvalue weighted by atomic mass is 9.93. The van der Waals surface area contributed by atoms with Gasteiger partial charge in [0.15, 0.2) is 0 Å². The Hall–Kier alpha value is -3.14. The van der Waals surface area contributed by atoms with Crippen molar-refractivity contribution in [1.82, 2.24) is 14.1 Å². The van der Waals surface area contributed by atoms with Crippen LogP contribution in [-0.4, -0.2) is 44.2 Å². The Balaban J connectivity index is 1.75. The van der Waals surface area contributed by atoms with Crippen LogP contribution in [0.5, 0.6) is 5.75 Å². The summed E-state index contributed by atoms with van der Waals surface area (Å²) in [5.41, 5.74) is -0.949. The van der Waals surface area contributed by atoms with E-state index in [-0.39, 0.29) is 18.7 Å². The van der Waals surface area contributed by atoms with Crippen LogP contribution in [0.4, 0.5) is 5.69 Å². The number of halogens is 1. The van der Waals surface area contributed by atoms with Crippen molar-refractivity contribution in [2.75, 3.05) is 19.8 Å². The van der Waals surface area contributed by atoms with Crippen molar-refractivity contribution in [3.05, 3.63) is 85.7 Å². The lowest BCUT2D eigenvalue weighted by molar-refractivity contribution is 0.0526. The molecular formula is C25H29ClN4O5. The number of rotatable bonds is 10. The van der Waals surface area contributed by atoms with Gasteiger partial charge in [-0.15, -0.1) is 0 Å². The van der Waals surface area contributed by atoms with Crippen LogP contribution in [-0.2, 0) is 13.1 Å². The molecule has 0 spiro atoms. The van der Waals surface area contributed by atoms with Gasteiger partial charge < -0.3 is 14.9 Å². The highest BCUT2D eigenvalue weighted by Gasteiger charge is 2.26. The van der Waals surface area contributed by atoms with Gasteiger partial charge in [0, 0.05) is 17.0 Å². The second-order valence-corrected chi connectivity index (χ2v) is 9.76. The molecule has 0 atom stereocenters. The summed E-state index contributed by atoms with van der Waals surface area (Å²) in [7, 11) is 0. The van der Waals surface area contributed by atoms with Gasteiger partial charge >= 0.3 is 11.4 Å². The predicted molar refractivity (Wildman–Crippen MR) is 132 cm³/mol. The van der Waals surface area contributed by atoms with Gasteiger partial charge in [0.25, 0.3) is 0 Å². The van der Waals surface area contributed by atoms with Gasteiger partial charge in [-0.3, -0.25) is 9.55 Å². The number of aromatic amines is 1. The van der Waals surface area contributed by atoms with E-state index in [0.29, 0.717) is 23.2 Å². The Morgan fingerprint density at radius 1 is 1.06 bits per heavy atom. The van der Waals surface area contributed by atoms with E-state index in [1.807, 2.05) is 0 Å². The first-order valence-electron chi connectivity index (χ1n) is 11.5. The normalized spacial score (nSPS) is 14.3. The molecule has 0 unspecified atom stereocenters. The van der Waals surface area contributed by atoms with Crippen LogP contribution in [0.2, 0.25) is 5.02 Å². The average molecular weight is 501 g/mol. The third-order valence-corrected chi connectivity index (χ3v) is 6.24. The summed E-state index contributed by atoms with van der Waals surface area (Å²) in [4.78, 5) is 33.5. The molecule has 35 heavy (non-hydrogen) atoms. The summed E-state index contributed by atoms with van der Waals surface area (Å²) < 4.78 is 8.07. The first-order chi connectivity index (χ1) is 16.8. The highest BCUT2D eigenvalue weighted by atomic mass is 35.5. The minimum atomic E-state index is -1.05. The molecule has 1 fully saturated rings. The molecule has 0 amide bonds. The molecule has 4 rings (SSSR count). The highest BCUT2D eigenvalue weighted by molar-refractivity contribution is 6.30. The summed E-state index contributed by atoms with van der Waals surface area (Å²) in [5, 5.41) is 19.9. The van der Waals surface area contributed by atoms with Crippen LogP contribution in [0.25, 0.3) is 0 Å². The fourth-order valence-electron chi connectivity index (χ4n) is 3.47. The summed E-state index contributed by atoms with van der Waals surface area (Å²) in [6, 6.07) is 14.1. The molecule has 3 N–H and O–H groups in total. The van der Waals surface area contributed by atoms with Gasteiger partial charge in [-0.05, 0) is 60.7 Å². The minimum absolute atomic E-state index is 0.0764. The van der Waals surface area contributed by atoms with E-state index in [2.05, 4.69) is 9.98 Å². The topological polar surface area (TPSA) is 122 Å². The third-order valence-electron chi connectivity index (χ3n) is 5.99. The van der Waals surface area contributed by atoms with Crippen LogP contribution < -0.4 is 21.7 Å². The largest absolute Gasteiger partial charge is 0.493 e. The van der Waals surface area contributed by atoms with E-state index >= 15 is 0 Å². The van der Waals surface area contributed by atoms with Crippen molar-refractivity contribution in [3.63, 3.8) is 0 Å². The van der Waals surface area contributed by atoms with Crippen molar-refractivity contribution >= 4 is 17.3 Å². The minimum Gasteiger partial charge on any atom is -0.493 e. The first kappa shape index (κ1) is 25.0. The van der Waals surface area contributed by atoms with E-state index in [9.17, 15) is 19.8 Å². The molecule has 0 bridgehead atoms. The number of hydrogen-bond acceptors (Lipinski definition) is 6. The number of nitrogens with one attached hydrogen (secondary N) is 1. The van der Waals surface area contributed by atoms with Gasteiger partial charge in [-0.2, -0.15) is 0 Å². The van der Waals surface area contributed by atoms with Crippen molar-refractivity contribution in [2.24, 2.45) is 16.3 Å². The van der Waals surface area contributed by atoms with Crippen molar-refractivity contribution in [1.29, 1.82) is 0 Å². The SMILES string of the molecule is CC(CO)(CO)Cn1c(=O)[nH]/c(=N\c2ccc(OCC3CC3)cc2)n(Cc2ccc(Cl)cc2)c1=O. The lowest BCUT2D eigenvalue weighted by Crippen LogP contribution is -2.52. The predicted octanol–water partition coefficient (Wildman–Crippen LogP) is 2.05. The summed E-state index contributed by atoms with van der Waals surface area (Å²) in [6.07, 6.45) is 2.41. The number of hydrogen-bond donors (Lipinski definition) is 3. The van der Waals surface area contributed by atoms with Gasteiger partial charge in [0.05, 0.1) is 32.1 Å². The maximum Gasteiger partial charge on any atom is 0.335 e. The molecule has 2 aromatic carbocycles. The van der Waals surface area contributed by atoms with Crippen molar-refractivity contribution in [3.8, 4) is 5.75 Å². The molecule has 3 aromatic rings. The Bertz CT molecular complexity index is 1330. The second-order valence-electron chi connectivity index (χ2n) is 9.32. The van der Waals surface area contributed by atoms with Crippen LogP contribution in [0.1, 0.15) is 25.3 Å². The molecule has 1 heterocycles. The molecule has 1 aromatic heterocycles. The zero-order valence-corrected chi connectivity index (χ0v) is 20.2. The number of benzene rings is 2. The first-order valence-corrected chi connectivity index (χ1v) is 11.9. The van der Waals surface area contributed by atoms with Crippen LogP contribution in [0.3, 0.4) is 0 Å². The van der Waals surface area contributed by atoms with E-state index in [0.717, 1.165) is 15.9 Å². The molecule has 9 nitrogen and oxygen atoms in total. The lowest BCUT2D eigenvalue weighted by Gasteiger charge is -2.25. The number of ether oxygens (including phenoxy) is 1. The quantitative estimate of drug-likeness (QED) is 0.393. The number of aromatic nitrogens is 3. The molecular weight excluding hydrogens is 472 g/mol. The van der Waals surface area contributed by atoms with Crippen molar-refractivity contribution < 1.29 is 14.9 Å². The number of aliphatic hydroxyl groups excluding tert-OH is 2. The Morgan fingerprint density at radius 2 is 1.71 bits per heavy atom. The van der Waals surface area contributed by atoms with E-state index in [1.54, 1.807) is 55.5 Å². The van der Waals surface area contributed by atoms with Crippen LogP contribution in [0, 0.1) is 11.3 Å². The maximum atomic E-state index is 13.4.